The second-order valence-corrected chi connectivity index (χ2v) is 4.68. The number of hydrogen-bond acceptors (Lipinski definition) is 3. The molecule has 2 rings (SSSR count). The third-order valence-electron chi connectivity index (χ3n) is 2.53. The molecule has 1 atom stereocenters. The molecule has 1 amide bonds. The number of benzene rings is 1. The molecule has 0 radical (unpaired) electrons. The third kappa shape index (κ3) is 3.38. The molecule has 1 aromatic carbocycles. The van der Waals surface area contributed by atoms with Gasteiger partial charge in [0.25, 0.3) is 5.91 Å². The lowest BCUT2D eigenvalue weighted by molar-refractivity contribution is 0.0954. The summed E-state index contributed by atoms with van der Waals surface area (Å²) in [6, 6.07) is 7.24. The Hall–Kier alpha value is -1.20. The van der Waals surface area contributed by atoms with E-state index in [9.17, 15) is 4.79 Å². The highest BCUT2D eigenvalue weighted by molar-refractivity contribution is 9.10. The quantitative estimate of drug-likeness (QED) is 0.687. The topological polar surface area (TPSA) is 50.7 Å². The number of carbonyl (C=O) groups excluding carboxylic acids is 1. The molecular weight excluding hydrogens is 284 g/mol. The highest BCUT2D eigenvalue weighted by Crippen LogP contribution is 2.15. The maximum absolute atomic E-state index is 11.8. The van der Waals surface area contributed by atoms with Gasteiger partial charge in [-0.1, -0.05) is 12.1 Å². The van der Waals surface area contributed by atoms with Gasteiger partial charge >= 0.3 is 0 Å². The first kappa shape index (κ1) is 12.3. The molecule has 1 aliphatic heterocycles. The SMILES string of the molecule is O=C(NN=CC1CCOC1)c1ccccc1Br. The molecule has 4 nitrogen and oxygen atoms in total. The highest BCUT2D eigenvalue weighted by atomic mass is 79.9. The number of rotatable bonds is 3. The third-order valence-corrected chi connectivity index (χ3v) is 3.23. The van der Waals surface area contributed by atoms with Crippen molar-refractivity contribution in [2.45, 2.75) is 6.42 Å². The van der Waals surface area contributed by atoms with Crippen LogP contribution in [0.25, 0.3) is 0 Å². The van der Waals surface area contributed by atoms with Crippen LogP contribution in [-0.2, 0) is 4.74 Å². The molecule has 1 saturated heterocycles. The van der Waals surface area contributed by atoms with Gasteiger partial charge in [0.2, 0.25) is 0 Å². The van der Waals surface area contributed by atoms with Crippen molar-refractivity contribution in [2.75, 3.05) is 13.2 Å². The average Bonchev–Trinajstić information content (AvgIpc) is 2.82. The number of hydrazone groups is 1. The molecule has 0 aliphatic carbocycles. The predicted molar refractivity (Wildman–Crippen MR) is 69.0 cm³/mol. The Morgan fingerprint density at radius 1 is 1.53 bits per heavy atom. The van der Waals surface area contributed by atoms with Crippen LogP contribution in [0, 0.1) is 5.92 Å². The van der Waals surface area contributed by atoms with Crippen LogP contribution in [0.15, 0.2) is 33.8 Å². The van der Waals surface area contributed by atoms with E-state index in [1.165, 1.54) is 0 Å². The van der Waals surface area contributed by atoms with Crippen molar-refractivity contribution in [1.29, 1.82) is 0 Å². The monoisotopic (exact) mass is 296 g/mol. The number of nitrogens with one attached hydrogen (secondary N) is 1. The number of ether oxygens (including phenoxy) is 1. The minimum Gasteiger partial charge on any atom is -0.381 e. The zero-order valence-corrected chi connectivity index (χ0v) is 10.8. The van der Waals surface area contributed by atoms with Crippen LogP contribution in [-0.4, -0.2) is 25.3 Å². The van der Waals surface area contributed by atoms with Crippen LogP contribution in [0.4, 0.5) is 0 Å². The van der Waals surface area contributed by atoms with E-state index < -0.39 is 0 Å². The Bertz CT molecular complexity index is 428. The van der Waals surface area contributed by atoms with Crippen LogP contribution < -0.4 is 5.43 Å². The van der Waals surface area contributed by atoms with Gasteiger partial charge < -0.3 is 4.74 Å². The number of carbonyl (C=O) groups is 1. The van der Waals surface area contributed by atoms with E-state index in [0.29, 0.717) is 18.1 Å². The fraction of sp³-hybridized carbons (Fsp3) is 0.333. The maximum atomic E-state index is 11.8. The van der Waals surface area contributed by atoms with Crippen molar-refractivity contribution in [1.82, 2.24) is 5.43 Å². The molecular formula is C12H13BrN2O2. The van der Waals surface area contributed by atoms with Crippen molar-refractivity contribution < 1.29 is 9.53 Å². The van der Waals surface area contributed by atoms with Gasteiger partial charge in [-0.3, -0.25) is 4.79 Å². The Morgan fingerprint density at radius 3 is 3.06 bits per heavy atom. The fourth-order valence-electron chi connectivity index (χ4n) is 1.58. The van der Waals surface area contributed by atoms with E-state index in [4.69, 9.17) is 4.74 Å². The summed E-state index contributed by atoms with van der Waals surface area (Å²) in [5.74, 6) is 0.0992. The van der Waals surface area contributed by atoms with Gasteiger partial charge in [-0.05, 0) is 34.5 Å². The number of nitrogens with zero attached hydrogens (tertiary/aromatic N) is 1. The maximum Gasteiger partial charge on any atom is 0.272 e. The van der Waals surface area contributed by atoms with Crippen LogP contribution in [0.2, 0.25) is 0 Å². The van der Waals surface area contributed by atoms with Crippen LogP contribution >= 0.6 is 15.9 Å². The van der Waals surface area contributed by atoms with E-state index in [1.54, 1.807) is 12.3 Å². The van der Waals surface area contributed by atoms with Crippen LogP contribution in [0.3, 0.4) is 0 Å². The molecule has 1 heterocycles. The summed E-state index contributed by atoms with van der Waals surface area (Å²) in [4.78, 5) is 11.8. The lowest BCUT2D eigenvalue weighted by Crippen LogP contribution is -2.19. The highest BCUT2D eigenvalue weighted by Gasteiger charge is 2.13. The van der Waals surface area contributed by atoms with Crippen molar-refractivity contribution >= 4 is 28.1 Å². The summed E-state index contributed by atoms with van der Waals surface area (Å²) in [7, 11) is 0. The van der Waals surface area contributed by atoms with Gasteiger partial charge in [-0.15, -0.1) is 0 Å². The van der Waals surface area contributed by atoms with E-state index >= 15 is 0 Å². The lowest BCUT2D eigenvalue weighted by atomic mass is 10.1. The molecule has 0 aromatic heterocycles. The van der Waals surface area contributed by atoms with Gasteiger partial charge in [-0.2, -0.15) is 5.10 Å². The fourth-order valence-corrected chi connectivity index (χ4v) is 2.04. The van der Waals surface area contributed by atoms with E-state index in [-0.39, 0.29) is 5.91 Å². The molecule has 5 heteroatoms. The summed E-state index contributed by atoms with van der Waals surface area (Å²) >= 11 is 3.32. The van der Waals surface area contributed by atoms with Crippen molar-refractivity contribution in [3.63, 3.8) is 0 Å². The summed E-state index contributed by atoms with van der Waals surface area (Å²) in [5, 5.41) is 3.95. The van der Waals surface area contributed by atoms with Gasteiger partial charge in [0.1, 0.15) is 0 Å². The summed E-state index contributed by atoms with van der Waals surface area (Å²) in [6.07, 6.45) is 2.70. The molecule has 1 aliphatic rings. The smallest absolute Gasteiger partial charge is 0.272 e. The summed E-state index contributed by atoms with van der Waals surface area (Å²) < 4.78 is 5.97. The first-order chi connectivity index (χ1) is 8.27. The van der Waals surface area contributed by atoms with Crippen LogP contribution in [0.5, 0.6) is 0 Å². The Morgan fingerprint density at radius 2 is 2.35 bits per heavy atom. The van der Waals surface area contributed by atoms with Crippen molar-refractivity contribution in [3.8, 4) is 0 Å². The first-order valence-electron chi connectivity index (χ1n) is 5.43. The molecule has 1 unspecified atom stereocenters. The van der Waals surface area contributed by atoms with Crippen molar-refractivity contribution in [3.05, 3.63) is 34.3 Å². The predicted octanol–water partition coefficient (Wildman–Crippen LogP) is 2.20. The zero-order valence-electron chi connectivity index (χ0n) is 9.23. The lowest BCUT2D eigenvalue weighted by Gasteiger charge is -2.02. The molecule has 90 valence electrons. The molecule has 1 fully saturated rings. The van der Waals surface area contributed by atoms with E-state index in [0.717, 1.165) is 17.5 Å². The second kappa shape index (κ2) is 5.93. The number of halogens is 1. The van der Waals surface area contributed by atoms with Gasteiger partial charge in [-0.25, -0.2) is 5.43 Å². The van der Waals surface area contributed by atoms with Crippen molar-refractivity contribution in [2.24, 2.45) is 11.0 Å². The van der Waals surface area contributed by atoms with Gasteiger partial charge in [0.05, 0.1) is 12.2 Å². The first-order valence-corrected chi connectivity index (χ1v) is 6.22. The molecule has 0 spiro atoms. The van der Waals surface area contributed by atoms with E-state index in [2.05, 4.69) is 26.5 Å². The zero-order chi connectivity index (χ0) is 12.1. The minimum atomic E-state index is -0.215. The second-order valence-electron chi connectivity index (χ2n) is 3.82. The molecule has 17 heavy (non-hydrogen) atoms. The van der Waals surface area contributed by atoms with E-state index in [1.807, 2.05) is 18.2 Å². The largest absolute Gasteiger partial charge is 0.381 e. The number of hydrogen-bond donors (Lipinski definition) is 1. The average molecular weight is 297 g/mol. The summed E-state index contributed by atoms with van der Waals surface area (Å²) in [5.41, 5.74) is 3.09. The number of amides is 1. The standard InChI is InChI=1S/C12H13BrN2O2/c13-11-4-2-1-3-10(11)12(16)15-14-7-9-5-6-17-8-9/h1-4,7,9H,5-6,8H2,(H,15,16). The van der Waals surface area contributed by atoms with Gasteiger partial charge in [0, 0.05) is 23.2 Å². The molecule has 0 bridgehead atoms. The van der Waals surface area contributed by atoms with Gasteiger partial charge in [0.15, 0.2) is 0 Å². The Labute approximate surface area is 108 Å². The Kier molecular flexibility index (Phi) is 4.28. The molecule has 1 aromatic rings. The molecule has 0 saturated carbocycles. The van der Waals surface area contributed by atoms with Crippen LogP contribution in [0.1, 0.15) is 16.8 Å². The summed E-state index contributed by atoms with van der Waals surface area (Å²) in [6.45, 7) is 1.46. The molecule has 1 N–H and O–H groups in total. The minimum absolute atomic E-state index is 0.215. The normalized spacial score (nSPS) is 19.7. The Balaban J connectivity index is 1.91.